The summed E-state index contributed by atoms with van der Waals surface area (Å²) >= 11 is 0. The normalized spacial score (nSPS) is 28.9. The van der Waals surface area contributed by atoms with Crippen molar-refractivity contribution in [2.45, 2.75) is 31.6 Å². The molecule has 4 heteroatoms. The third-order valence-electron chi connectivity index (χ3n) is 4.49. The van der Waals surface area contributed by atoms with Gasteiger partial charge in [-0.2, -0.15) is 4.98 Å². The molecule has 2 aliphatic carbocycles. The first-order valence-corrected chi connectivity index (χ1v) is 6.96. The Morgan fingerprint density at radius 2 is 1.95 bits per heavy atom. The van der Waals surface area contributed by atoms with E-state index in [9.17, 15) is 5.11 Å². The van der Waals surface area contributed by atoms with Gasteiger partial charge in [0.05, 0.1) is 0 Å². The molecule has 1 N–H and O–H groups in total. The quantitative estimate of drug-likeness (QED) is 0.895. The second-order valence-corrected chi connectivity index (χ2v) is 5.64. The summed E-state index contributed by atoms with van der Waals surface area (Å²) in [5.41, 5.74) is 0.804. The van der Waals surface area contributed by atoms with Gasteiger partial charge in [0.1, 0.15) is 5.75 Å². The average molecular weight is 256 g/mol. The van der Waals surface area contributed by atoms with Crippen LogP contribution in [0.25, 0.3) is 11.4 Å². The first-order chi connectivity index (χ1) is 9.33. The lowest BCUT2D eigenvalue weighted by Gasteiger charge is -2.04. The van der Waals surface area contributed by atoms with Crippen LogP contribution in [0.15, 0.2) is 28.8 Å². The third-order valence-corrected chi connectivity index (χ3v) is 4.49. The van der Waals surface area contributed by atoms with Crippen molar-refractivity contribution in [1.82, 2.24) is 10.1 Å². The Morgan fingerprint density at radius 1 is 1.16 bits per heavy atom. The molecule has 0 bridgehead atoms. The number of benzene rings is 1. The predicted molar refractivity (Wildman–Crippen MR) is 69.6 cm³/mol. The Bertz CT molecular complexity index is 596. The molecule has 0 aliphatic heterocycles. The standard InChI is InChI=1S/C15H16N2O2/c18-10-5-3-4-9(8-10)14-16-15(19-17-14)13-11-6-1-2-7-12(11)13/h3-5,8,11-13,18H,1-2,6-7H2. The molecule has 0 spiro atoms. The molecule has 0 radical (unpaired) electrons. The van der Waals surface area contributed by atoms with Crippen LogP contribution in [-0.4, -0.2) is 15.2 Å². The molecule has 1 heterocycles. The summed E-state index contributed by atoms with van der Waals surface area (Å²) in [6, 6.07) is 6.97. The number of hydrogen-bond acceptors (Lipinski definition) is 4. The number of phenols is 1. The van der Waals surface area contributed by atoms with E-state index in [1.54, 1.807) is 18.2 Å². The van der Waals surface area contributed by atoms with Crippen LogP contribution in [0.3, 0.4) is 0 Å². The molecule has 4 rings (SSSR count). The van der Waals surface area contributed by atoms with Gasteiger partial charge in [0.15, 0.2) is 0 Å². The van der Waals surface area contributed by atoms with Crippen LogP contribution in [0.2, 0.25) is 0 Å². The number of phenolic OH excluding ortho intramolecular Hbond substituents is 1. The van der Waals surface area contributed by atoms with Gasteiger partial charge in [-0.05, 0) is 36.8 Å². The van der Waals surface area contributed by atoms with E-state index < -0.39 is 0 Å². The minimum atomic E-state index is 0.226. The highest BCUT2D eigenvalue weighted by atomic mass is 16.5. The van der Waals surface area contributed by atoms with E-state index in [-0.39, 0.29) is 5.75 Å². The van der Waals surface area contributed by atoms with Crippen LogP contribution < -0.4 is 0 Å². The summed E-state index contributed by atoms with van der Waals surface area (Å²) in [5, 5.41) is 13.5. The largest absolute Gasteiger partial charge is 0.508 e. The van der Waals surface area contributed by atoms with Gasteiger partial charge in [0, 0.05) is 11.5 Å². The number of nitrogens with zero attached hydrogens (tertiary/aromatic N) is 2. The lowest BCUT2D eigenvalue weighted by atomic mass is 10.0. The molecular weight excluding hydrogens is 240 g/mol. The van der Waals surface area contributed by atoms with Crippen LogP contribution >= 0.6 is 0 Å². The van der Waals surface area contributed by atoms with E-state index >= 15 is 0 Å². The molecule has 1 aromatic heterocycles. The van der Waals surface area contributed by atoms with Gasteiger partial charge >= 0.3 is 0 Å². The number of hydrogen-bond donors (Lipinski definition) is 1. The number of aromatic nitrogens is 2. The van der Waals surface area contributed by atoms with Crippen LogP contribution in [0, 0.1) is 11.8 Å². The number of fused-ring (bicyclic) bond motifs is 1. The summed E-state index contributed by atoms with van der Waals surface area (Å²) in [5.74, 6) is 3.62. The van der Waals surface area contributed by atoms with Crippen molar-refractivity contribution in [3.8, 4) is 17.1 Å². The molecule has 2 saturated carbocycles. The SMILES string of the molecule is Oc1cccc(-c2noc(C3C4CCCCC43)n2)c1. The summed E-state index contributed by atoms with van der Waals surface area (Å²) in [6.45, 7) is 0. The fourth-order valence-corrected chi connectivity index (χ4v) is 3.49. The zero-order valence-electron chi connectivity index (χ0n) is 10.6. The fraction of sp³-hybridized carbons (Fsp3) is 0.467. The third kappa shape index (κ3) is 1.82. The van der Waals surface area contributed by atoms with Gasteiger partial charge in [0.25, 0.3) is 0 Å². The summed E-state index contributed by atoms with van der Waals surface area (Å²) in [6.07, 6.45) is 5.29. The van der Waals surface area contributed by atoms with Gasteiger partial charge in [-0.1, -0.05) is 30.1 Å². The van der Waals surface area contributed by atoms with Gasteiger partial charge in [-0.25, -0.2) is 0 Å². The van der Waals surface area contributed by atoms with Gasteiger partial charge in [-0.15, -0.1) is 0 Å². The van der Waals surface area contributed by atoms with E-state index in [1.807, 2.05) is 6.07 Å². The maximum Gasteiger partial charge on any atom is 0.230 e. The second-order valence-electron chi connectivity index (χ2n) is 5.64. The maximum atomic E-state index is 9.49. The second kappa shape index (κ2) is 4.08. The zero-order chi connectivity index (χ0) is 12.8. The monoisotopic (exact) mass is 256 g/mol. The topological polar surface area (TPSA) is 59.2 Å². The van der Waals surface area contributed by atoms with Gasteiger partial charge in [-0.3, -0.25) is 0 Å². The van der Waals surface area contributed by atoms with Gasteiger partial charge < -0.3 is 9.63 Å². The Hall–Kier alpha value is -1.84. The first-order valence-electron chi connectivity index (χ1n) is 6.96. The molecule has 2 atom stereocenters. The van der Waals surface area contributed by atoms with Crippen LogP contribution in [0.5, 0.6) is 5.75 Å². The Balaban J connectivity index is 1.60. The summed E-state index contributed by atoms with van der Waals surface area (Å²) < 4.78 is 5.43. The Morgan fingerprint density at radius 3 is 2.68 bits per heavy atom. The molecule has 1 aromatic carbocycles. The predicted octanol–water partition coefficient (Wildman–Crippen LogP) is 3.35. The van der Waals surface area contributed by atoms with Crippen molar-refractivity contribution in [3.05, 3.63) is 30.2 Å². The van der Waals surface area contributed by atoms with E-state index in [0.717, 1.165) is 23.3 Å². The van der Waals surface area contributed by atoms with Crippen molar-refractivity contribution in [2.24, 2.45) is 11.8 Å². The van der Waals surface area contributed by atoms with Crippen LogP contribution in [-0.2, 0) is 0 Å². The molecule has 2 aromatic rings. The lowest BCUT2D eigenvalue weighted by Crippen LogP contribution is -1.91. The molecule has 98 valence electrons. The average Bonchev–Trinajstić information content (AvgIpc) is 2.96. The summed E-state index contributed by atoms with van der Waals surface area (Å²) in [4.78, 5) is 4.52. The van der Waals surface area contributed by atoms with Crippen molar-refractivity contribution < 1.29 is 9.63 Å². The summed E-state index contributed by atoms with van der Waals surface area (Å²) in [7, 11) is 0. The highest BCUT2D eigenvalue weighted by Gasteiger charge is 2.54. The molecular formula is C15H16N2O2. The first kappa shape index (κ1) is 11.0. The highest BCUT2D eigenvalue weighted by molar-refractivity contribution is 5.56. The fourth-order valence-electron chi connectivity index (χ4n) is 3.49. The van der Waals surface area contributed by atoms with E-state index in [2.05, 4.69) is 10.1 Å². The van der Waals surface area contributed by atoms with Crippen LogP contribution in [0.4, 0.5) is 0 Å². The molecule has 0 saturated heterocycles. The lowest BCUT2D eigenvalue weighted by molar-refractivity contribution is 0.373. The molecule has 4 nitrogen and oxygen atoms in total. The van der Waals surface area contributed by atoms with E-state index in [1.165, 1.54) is 25.7 Å². The van der Waals surface area contributed by atoms with Crippen molar-refractivity contribution in [3.63, 3.8) is 0 Å². The van der Waals surface area contributed by atoms with E-state index in [4.69, 9.17) is 4.52 Å². The van der Waals surface area contributed by atoms with Crippen molar-refractivity contribution in [2.75, 3.05) is 0 Å². The minimum absolute atomic E-state index is 0.226. The number of aromatic hydroxyl groups is 1. The Kier molecular flexibility index (Phi) is 2.37. The highest BCUT2D eigenvalue weighted by Crippen LogP contribution is 2.60. The van der Waals surface area contributed by atoms with E-state index in [0.29, 0.717) is 11.7 Å². The van der Waals surface area contributed by atoms with Crippen molar-refractivity contribution >= 4 is 0 Å². The molecule has 0 amide bonds. The Labute approximate surface area is 111 Å². The molecule has 19 heavy (non-hydrogen) atoms. The van der Waals surface area contributed by atoms with Gasteiger partial charge in [0.2, 0.25) is 11.7 Å². The van der Waals surface area contributed by atoms with Crippen LogP contribution in [0.1, 0.15) is 37.5 Å². The zero-order valence-corrected chi connectivity index (χ0v) is 10.6. The smallest absolute Gasteiger partial charge is 0.230 e. The molecule has 2 fully saturated rings. The molecule has 2 aliphatic rings. The minimum Gasteiger partial charge on any atom is -0.508 e. The van der Waals surface area contributed by atoms with Crippen molar-refractivity contribution in [1.29, 1.82) is 0 Å². The number of rotatable bonds is 2. The molecule has 2 unspecified atom stereocenters. The maximum absolute atomic E-state index is 9.49.